The van der Waals surface area contributed by atoms with Crippen molar-refractivity contribution in [1.82, 2.24) is 15.5 Å². The zero-order chi connectivity index (χ0) is 21.3. The minimum absolute atomic E-state index is 0.212. The number of rotatable bonds is 7. The molecule has 0 aromatic heterocycles. The monoisotopic (exact) mass is 420 g/mol. The van der Waals surface area contributed by atoms with Crippen LogP contribution in [0.15, 0.2) is 47.5 Å². The maximum Gasteiger partial charge on any atom is 0.191 e. The number of ether oxygens (including phenoxy) is 1. The predicted molar refractivity (Wildman–Crippen MR) is 111 cm³/mol. The van der Waals surface area contributed by atoms with Gasteiger partial charge in [0.25, 0.3) is 0 Å². The molecular weight excluding hydrogens is 393 g/mol. The van der Waals surface area contributed by atoms with Crippen molar-refractivity contribution in [2.75, 3.05) is 33.3 Å². The lowest BCUT2D eigenvalue weighted by atomic mass is 10.0. The Labute approximate surface area is 174 Å². The van der Waals surface area contributed by atoms with E-state index in [1.807, 2.05) is 12.1 Å². The van der Waals surface area contributed by atoms with Crippen molar-refractivity contribution >= 4 is 5.96 Å². The summed E-state index contributed by atoms with van der Waals surface area (Å²) in [4.78, 5) is 6.59. The zero-order valence-electron chi connectivity index (χ0n) is 17.0. The third-order valence-corrected chi connectivity index (χ3v) is 5.03. The van der Waals surface area contributed by atoms with Gasteiger partial charge in [0.2, 0.25) is 0 Å². The summed E-state index contributed by atoms with van der Waals surface area (Å²) in [6.07, 6.45) is 1.96. The van der Waals surface area contributed by atoms with Crippen LogP contribution in [-0.2, 0) is 6.54 Å². The van der Waals surface area contributed by atoms with Crippen molar-refractivity contribution in [2.24, 2.45) is 4.99 Å². The van der Waals surface area contributed by atoms with Gasteiger partial charge in [0.05, 0.1) is 6.54 Å². The average molecular weight is 420 g/mol. The van der Waals surface area contributed by atoms with Crippen molar-refractivity contribution < 1.29 is 17.9 Å². The second-order valence-electron chi connectivity index (χ2n) is 7.24. The molecule has 0 unspecified atom stereocenters. The van der Waals surface area contributed by atoms with Crippen LogP contribution < -0.4 is 15.4 Å². The summed E-state index contributed by atoms with van der Waals surface area (Å²) >= 11 is 0. The van der Waals surface area contributed by atoms with E-state index in [9.17, 15) is 13.2 Å². The molecule has 0 bridgehead atoms. The molecule has 1 aliphatic rings. The van der Waals surface area contributed by atoms with Gasteiger partial charge in [0.15, 0.2) is 17.6 Å². The number of hydrogen-bond donors (Lipinski definition) is 2. The highest BCUT2D eigenvalue weighted by molar-refractivity contribution is 5.79. The quantitative estimate of drug-likeness (QED) is 0.410. The van der Waals surface area contributed by atoms with E-state index in [0.29, 0.717) is 25.2 Å². The Morgan fingerprint density at radius 1 is 1.07 bits per heavy atom. The van der Waals surface area contributed by atoms with Crippen molar-refractivity contribution in [2.45, 2.75) is 25.4 Å². The third kappa shape index (κ3) is 6.66. The van der Waals surface area contributed by atoms with Gasteiger partial charge >= 0.3 is 0 Å². The molecule has 2 aromatic rings. The second-order valence-corrected chi connectivity index (χ2v) is 7.24. The fraction of sp³-hybridized carbons (Fsp3) is 0.409. The first kappa shape index (κ1) is 22.0. The van der Waals surface area contributed by atoms with Gasteiger partial charge < -0.3 is 15.4 Å². The van der Waals surface area contributed by atoms with E-state index < -0.39 is 11.6 Å². The Bertz CT molecular complexity index is 837. The molecular formula is C22H27F3N4O. The second kappa shape index (κ2) is 10.9. The molecule has 0 radical (unpaired) electrons. The van der Waals surface area contributed by atoms with Gasteiger partial charge in [-0.15, -0.1) is 0 Å². The van der Waals surface area contributed by atoms with Crippen LogP contribution in [0.4, 0.5) is 13.2 Å². The third-order valence-electron chi connectivity index (χ3n) is 5.03. The minimum Gasteiger partial charge on any atom is -0.492 e. The lowest BCUT2D eigenvalue weighted by molar-refractivity contribution is 0.198. The van der Waals surface area contributed by atoms with Crippen molar-refractivity contribution in [3.8, 4) is 5.75 Å². The molecule has 2 N–H and O–H groups in total. The largest absolute Gasteiger partial charge is 0.492 e. The topological polar surface area (TPSA) is 48.9 Å². The number of benzene rings is 2. The van der Waals surface area contributed by atoms with Gasteiger partial charge in [-0.25, -0.2) is 13.2 Å². The fourth-order valence-electron chi connectivity index (χ4n) is 3.38. The summed E-state index contributed by atoms with van der Waals surface area (Å²) in [7, 11) is 1.70. The summed E-state index contributed by atoms with van der Waals surface area (Å²) in [5.41, 5.74) is 1.11. The molecule has 30 heavy (non-hydrogen) atoms. The van der Waals surface area contributed by atoms with Crippen LogP contribution in [0.5, 0.6) is 5.75 Å². The van der Waals surface area contributed by atoms with Crippen LogP contribution in [0.25, 0.3) is 0 Å². The molecule has 1 fully saturated rings. The highest BCUT2D eigenvalue weighted by atomic mass is 19.2. The van der Waals surface area contributed by atoms with Crippen LogP contribution in [0.2, 0.25) is 0 Å². The average Bonchev–Trinajstić information content (AvgIpc) is 2.75. The summed E-state index contributed by atoms with van der Waals surface area (Å²) in [5.74, 6) is -1.07. The minimum atomic E-state index is -0.927. The molecule has 2 aromatic carbocycles. The lowest BCUT2D eigenvalue weighted by Crippen LogP contribution is -2.49. The molecule has 0 aliphatic carbocycles. The highest BCUT2D eigenvalue weighted by Crippen LogP contribution is 2.16. The molecule has 8 heteroatoms. The number of nitrogens with zero attached hydrogens (tertiary/aromatic N) is 2. The van der Waals surface area contributed by atoms with E-state index in [4.69, 9.17) is 4.74 Å². The van der Waals surface area contributed by atoms with E-state index in [1.54, 1.807) is 7.05 Å². The lowest BCUT2D eigenvalue weighted by Gasteiger charge is -2.33. The number of hydrogen-bond acceptors (Lipinski definition) is 3. The van der Waals surface area contributed by atoms with Gasteiger partial charge in [-0.05, 0) is 42.7 Å². The first-order valence-corrected chi connectivity index (χ1v) is 10.1. The van der Waals surface area contributed by atoms with Crippen LogP contribution in [0.3, 0.4) is 0 Å². The van der Waals surface area contributed by atoms with E-state index in [-0.39, 0.29) is 11.6 Å². The molecule has 1 heterocycles. The standard InChI is InChI=1S/C22H27F3N4O/c1-26-22(27-10-13-30-19-6-7-20(24)21(25)14-19)28-18-8-11-29(12-9-18)15-16-2-4-17(23)5-3-16/h2-7,14,18H,8-13,15H2,1H3,(H2,26,27,28). The number of halogens is 3. The Hall–Kier alpha value is -2.74. The van der Waals surface area contributed by atoms with Crippen LogP contribution >= 0.6 is 0 Å². The van der Waals surface area contributed by atoms with Crippen molar-refractivity contribution in [1.29, 1.82) is 0 Å². The smallest absolute Gasteiger partial charge is 0.191 e. The summed E-state index contributed by atoms with van der Waals surface area (Å²) in [6.45, 7) is 3.49. The van der Waals surface area contributed by atoms with Crippen molar-refractivity contribution in [3.05, 3.63) is 65.5 Å². The van der Waals surface area contributed by atoms with E-state index in [0.717, 1.165) is 50.2 Å². The molecule has 0 saturated carbocycles. The zero-order valence-corrected chi connectivity index (χ0v) is 17.0. The number of aliphatic imine (C=N–C) groups is 1. The van der Waals surface area contributed by atoms with Gasteiger partial charge in [-0.3, -0.25) is 9.89 Å². The molecule has 162 valence electrons. The summed E-state index contributed by atoms with van der Waals surface area (Å²) < 4.78 is 44.6. The van der Waals surface area contributed by atoms with E-state index >= 15 is 0 Å². The number of likely N-dealkylation sites (tertiary alicyclic amines) is 1. The maximum absolute atomic E-state index is 13.2. The maximum atomic E-state index is 13.2. The van der Waals surface area contributed by atoms with E-state index in [2.05, 4.69) is 20.5 Å². The molecule has 0 amide bonds. The SMILES string of the molecule is CN=C(NCCOc1ccc(F)c(F)c1)NC1CCN(Cc2ccc(F)cc2)CC1. The molecule has 1 aliphatic heterocycles. The normalized spacial score (nSPS) is 15.8. The molecule has 0 atom stereocenters. The van der Waals surface area contributed by atoms with Crippen LogP contribution in [0.1, 0.15) is 18.4 Å². The van der Waals surface area contributed by atoms with Crippen LogP contribution in [0, 0.1) is 17.5 Å². The first-order chi connectivity index (χ1) is 14.5. The molecule has 0 spiro atoms. The van der Waals surface area contributed by atoms with Gasteiger partial charge in [0, 0.05) is 38.8 Å². The molecule has 3 rings (SSSR count). The number of guanidine groups is 1. The summed E-state index contributed by atoms with van der Waals surface area (Å²) in [6, 6.07) is 10.4. The van der Waals surface area contributed by atoms with Crippen LogP contribution in [-0.4, -0.2) is 50.2 Å². The molecule has 1 saturated heterocycles. The highest BCUT2D eigenvalue weighted by Gasteiger charge is 2.20. The van der Waals surface area contributed by atoms with Gasteiger partial charge in [0.1, 0.15) is 18.2 Å². The molecule has 5 nitrogen and oxygen atoms in total. The first-order valence-electron chi connectivity index (χ1n) is 10.1. The Kier molecular flexibility index (Phi) is 7.96. The number of nitrogens with one attached hydrogen (secondary N) is 2. The fourth-order valence-corrected chi connectivity index (χ4v) is 3.38. The predicted octanol–water partition coefficient (Wildman–Crippen LogP) is 3.31. The van der Waals surface area contributed by atoms with Gasteiger partial charge in [-0.1, -0.05) is 12.1 Å². The van der Waals surface area contributed by atoms with Crippen molar-refractivity contribution in [3.63, 3.8) is 0 Å². The Morgan fingerprint density at radius 3 is 2.47 bits per heavy atom. The van der Waals surface area contributed by atoms with E-state index in [1.165, 1.54) is 18.2 Å². The Morgan fingerprint density at radius 2 is 1.80 bits per heavy atom. The summed E-state index contributed by atoms with van der Waals surface area (Å²) in [5, 5.41) is 6.58. The number of piperidine rings is 1. The van der Waals surface area contributed by atoms with Gasteiger partial charge in [-0.2, -0.15) is 0 Å². The Balaban J connectivity index is 1.35.